The minimum absolute atomic E-state index is 0.260. The van der Waals surface area contributed by atoms with E-state index in [2.05, 4.69) is 0 Å². The van der Waals surface area contributed by atoms with Crippen molar-refractivity contribution >= 4 is 0 Å². The van der Waals surface area contributed by atoms with Gasteiger partial charge in [-0.25, -0.2) is 0 Å². The maximum absolute atomic E-state index is 6.48. The van der Waals surface area contributed by atoms with Gasteiger partial charge in [-0.15, -0.1) is 0 Å². The summed E-state index contributed by atoms with van der Waals surface area (Å²) in [6.45, 7) is 0. The monoisotopic (exact) mass is 225 g/mol. The Kier molecular flexibility index (Phi) is 2.54. The first-order valence-electron chi connectivity index (χ1n) is 6.52. The Balaban J connectivity index is 1.85. The lowest BCUT2D eigenvalue weighted by Crippen LogP contribution is -2.45. The number of nitrogens with two attached hydrogens (primary N) is 1. The molecule has 0 aromatic rings. The van der Waals surface area contributed by atoms with Crippen molar-refractivity contribution < 1.29 is 9.47 Å². The van der Waals surface area contributed by atoms with Crippen molar-refractivity contribution in [3.63, 3.8) is 0 Å². The number of rotatable bonds is 2. The molecule has 3 aliphatic rings. The lowest BCUT2D eigenvalue weighted by atomic mass is 9.69. The summed E-state index contributed by atoms with van der Waals surface area (Å²) in [7, 11) is 3.60. The summed E-state index contributed by atoms with van der Waals surface area (Å²) in [6.07, 6.45) is 6.84. The molecule has 2 N–H and O–H groups in total. The number of hydrogen-bond donors (Lipinski definition) is 1. The van der Waals surface area contributed by atoms with Gasteiger partial charge in [-0.2, -0.15) is 0 Å². The van der Waals surface area contributed by atoms with Crippen LogP contribution in [0.2, 0.25) is 0 Å². The van der Waals surface area contributed by atoms with Gasteiger partial charge >= 0.3 is 0 Å². The molecule has 0 heterocycles. The van der Waals surface area contributed by atoms with E-state index in [0.29, 0.717) is 11.5 Å². The quantitative estimate of drug-likeness (QED) is 0.775. The maximum atomic E-state index is 6.48. The lowest BCUT2D eigenvalue weighted by molar-refractivity contribution is -0.0157. The zero-order valence-corrected chi connectivity index (χ0v) is 10.3. The third kappa shape index (κ3) is 1.25. The second-order valence-electron chi connectivity index (χ2n) is 5.99. The van der Waals surface area contributed by atoms with E-state index < -0.39 is 0 Å². The van der Waals surface area contributed by atoms with Gasteiger partial charge in [-0.1, -0.05) is 0 Å². The molecule has 0 aromatic carbocycles. The second-order valence-corrected chi connectivity index (χ2v) is 5.99. The molecule has 2 bridgehead atoms. The van der Waals surface area contributed by atoms with Crippen molar-refractivity contribution in [3.8, 4) is 0 Å². The Morgan fingerprint density at radius 2 is 1.69 bits per heavy atom. The van der Waals surface area contributed by atoms with Crippen LogP contribution < -0.4 is 5.73 Å². The molecule has 3 nitrogen and oxygen atoms in total. The van der Waals surface area contributed by atoms with Gasteiger partial charge in [0, 0.05) is 20.3 Å². The first-order valence-corrected chi connectivity index (χ1v) is 6.52. The third-order valence-corrected chi connectivity index (χ3v) is 5.64. The van der Waals surface area contributed by atoms with Crippen LogP contribution in [0.1, 0.15) is 32.1 Å². The predicted octanol–water partition coefficient (Wildman–Crippen LogP) is 1.55. The summed E-state index contributed by atoms with van der Waals surface area (Å²) in [5.41, 5.74) is 6.82. The average Bonchev–Trinajstić information content (AvgIpc) is 2.97. The Morgan fingerprint density at radius 1 is 1.06 bits per heavy atom. The smallest absolute Gasteiger partial charge is 0.0838 e. The SMILES string of the molecule is CO[C@H]1CC2(C[C@@H]1OC)[C@@H]1CC[C@@H](C1)[C@H]2N. The van der Waals surface area contributed by atoms with Gasteiger partial charge in [-0.3, -0.25) is 0 Å². The van der Waals surface area contributed by atoms with Gasteiger partial charge in [0.1, 0.15) is 0 Å². The summed E-state index contributed by atoms with van der Waals surface area (Å²) in [5, 5.41) is 0. The van der Waals surface area contributed by atoms with Crippen LogP contribution in [-0.4, -0.2) is 32.5 Å². The van der Waals surface area contributed by atoms with Gasteiger partial charge < -0.3 is 15.2 Å². The zero-order chi connectivity index (χ0) is 11.3. The highest BCUT2D eigenvalue weighted by molar-refractivity contribution is 5.13. The molecule has 0 unspecified atom stereocenters. The van der Waals surface area contributed by atoms with Gasteiger partial charge in [0.2, 0.25) is 0 Å². The van der Waals surface area contributed by atoms with Gasteiger partial charge in [0.05, 0.1) is 12.2 Å². The molecule has 0 aromatic heterocycles. The fourth-order valence-corrected chi connectivity index (χ4v) is 4.78. The molecule has 0 radical (unpaired) electrons. The molecule has 3 aliphatic carbocycles. The summed E-state index contributed by atoms with van der Waals surface area (Å²) < 4.78 is 11.2. The molecule has 3 saturated carbocycles. The molecule has 0 amide bonds. The van der Waals surface area contributed by atoms with Crippen molar-refractivity contribution in [1.82, 2.24) is 0 Å². The molecule has 5 atom stereocenters. The van der Waals surface area contributed by atoms with Crippen molar-refractivity contribution in [2.45, 2.75) is 50.4 Å². The van der Waals surface area contributed by atoms with Crippen molar-refractivity contribution in [1.29, 1.82) is 0 Å². The van der Waals surface area contributed by atoms with Crippen molar-refractivity contribution in [2.75, 3.05) is 14.2 Å². The Bertz CT molecular complexity index is 265. The molecule has 3 rings (SSSR count). The van der Waals surface area contributed by atoms with E-state index in [1.165, 1.54) is 19.3 Å². The number of fused-ring (bicyclic) bond motifs is 3. The molecule has 16 heavy (non-hydrogen) atoms. The highest BCUT2D eigenvalue weighted by Gasteiger charge is 2.61. The normalized spacial score (nSPS) is 49.3. The Labute approximate surface area is 97.7 Å². The third-order valence-electron chi connectivity index (χ3n) is 5.64. The molecule has 3 heteroatoms. The Hall–Kier alpha value is -0.120. The van der Waals surface area contributed by atoms with E-state index in [4.69, 9.17) is 15.2 Å². The van der Waals surface area contributed by atoms with E-state index in [1.54, 1.807) is 14.2 Å². The zero-order valence-electron chi connectivity index (χ0n) is 10.3. The van der Waals surface area contributed by atoms with E-state index in [0.717, 1.165) is 24.7 Å². The maximum Gasteiger partial charge on any atom is 0.0838 e. The number of ether oxygens (including phenoxy) is 2. The molecular formula is C13H23NO2. The standard InChI is InChI=1S/C13H23NO2/c1-15-10-6-13(7-11(10)16-2)9-4-3-8(5-9)12(13)14/h8-12H,3-7,14H2,1-2H3/t8-,9+,10-,11-,12+/m0/s1. The Morgan fingerprint density at radius 3 is 2.12 bits per heavy atom. The summed E-state index contributed by atoms with van der Waals surface area (Å²) in [4.78, 5) is 0. The second kappa shape index (κ2) is 3.69. The summed E-state index contributed by atoms with van der Waals surface area (Å²) >= 11 is 0. The van der Waals surface area contributed by atoms with Gasteiger partial charge in [0.15, 0.2) is 0 Å². The molecule has 92 valence electrons. The van der Waals surface area contributed by atoms with Crippen LogP contribution in [0.3, 0.4) is 0 Å². The van der Waals surface area contributed by atoms with Crippen LogP contribution in [-0.2, 0) is 9.47 Å². The number of methoxy groups -OCH3 is 2. The van der Waals surface area contributed by atoms with Crippen molar-refractivity contribution in [2.24, 2.45) is 23.0 Å². The highest BCUT2D eigenvalue weighted by atomic mass is 16.5. The molecule has 1 spiro atoms. The first-order chi connectivity index (χ1) is 7.71. The molecular weight excluding hydrogens is 202 g/mol. The van der Waals surface area contributed by atoms with Crippen LogP contribution in [0.4, 0.5) is 0 Å². The molecule has 0 aliphatic heterocycles. The van der Waals surface area contributed by atoms with Crippen LogP contribution in [0.25, 0.3) is 0 Å². The largest absolute Gasteiger partial charge is 0.379 e. The van der Waals surface area contributed by atoms with E-state index in [-0.39, 0.29) is 12.2 Å². The molecule has 3 fully saturated rings. The topological polar surface area (TPSA) is 44.5 Å². The molecule has 0 saturated heterocycles. The van der Waals surface area contributed by atoms with Crippen molar-refractivity contribution in [3.05, 3.63) is 0 Å². The predicted molar refractivity (Wildman–Crippen MR) is 62.1 cm³/mol. The summed E-state index contributed by atoms with van der Waals surface area (Å²) in [5.74, 6) is 1.61. The number of hydrogen-bond acceptors (Lipinski definition) is 3. The average molecular weight is 225 g/mol. The first kappa shape index (κ1) is 11.0. The van der Waals surface area contributed by atoms with Gasteiger partial charge in [0.25, 0.3) is 0 Å². The van der Waals surface area contributed by atoms with E-state index in [1.807, 2.05) is 0 Å². The lowest BCUT2D eigenvalue weighted by Gasteiger charge is -2.39. The minimum atomic E-state index is 0.260. The van der Waals surface area contributed by atoms with Crippen LogP contribution in [0.5, 0.6) is 0 Å². The fourth-order valence-electron chi connectivity index (χ4n) is 4.78. The van der Waals surface area contributed by atoms with Crippen LogP contribution >= 0.6 is 0 Å². The van der Waals surface area contributed by atoms with Crippen LogP contribution in [0, 0.1) is 17.3 Å². The van der Waals surface area contributed by atoms with E-state index >= 15 is 0 Å². The van der Waals surface area contributed by atoms with E-state index in [9.17, 15) is 0 Å². The van der Waals surface area contributed by atoms with Crippen LogP contribution in [0.15, 0.2) is 0 Å². The van der Waals surface area contributed by atoms with Gasteiger partial charge in [-0.05, 0) is 49.4 Å². The highest BCUT2D eigenvalue weighted by Crippen LogP contribution is 2.62. The summed E-state index contributed by atoms with van der Waals surface area (Å²) in [6, 6.07) is 0.393. The fraction of sp³-hybridized carbons (Fsp3) is 1.00. The minimum Gasteiger partial charge on any atom is -0.379 e.